The van der Waals surface area contributed by atoms with E-state index in [2.05, 4.69) is 22.4 Å². The molecule has 18 heavy (non-hydrogen) atoms. The minimum absolute atomic E-state index is 0.162. The molecule has 0 saturated heterocycles. The van der Waals surface area contributed by atoms with Crippen molar-refractivity contribution in [3.05, 3.63) is 53.1 Å². The van der Waals surface area contributed by atoms with Crippen LogP contribution in [0.5, 0.6) is 0 Å². The monoisotopic (exact) mass is 247 g/mol. The number of aryl methyl sites for hydroxylation is 1. The first-order valence-corrected chi connectivity index (χ1v) is 6.18. The smallest absolute Gasteiger partial charge is 0.123 e. The average Bonchev–Trinajstić information content (AvgIpc) is 2.76. The van der Waals surface area contributed by atoms with Gasteiger partial charge in [0, 0.05) is 23.8 Å². The second-order valence-electron chi connectivity index (χ2n) is 4.42. The van der Waals surface area contributed by atoms with E-state index in [0.29, 0.717) is 0 Å². The Balaban J connectivity index is 2.04. The first kappa shape index (κ1) is 12.8. The van der Waals surface area contributed by atoms with Gasteiger partial charge in [0.25, 0.3) is 0 Å². The molecule has 0 bridgehead atoms. The molecule has 0 spiro atoms. The normalized spacial score (nSPS) is 12.6. The van der Waals surface area contributed by atoms with Crippen molar-refractivity contribution in [2.45, 2.75) is 32.9 Å². The van der Waals surface area contributed by atoms with Gasteiger partial charge in [-0.1, -0.05) is 19.1 Å². The lowest BCUT2D eigenvalue weighted by Gasteiger charge is -2.17. The number of benzene rings is 1. The van der Waals surface area contributed by atoms with Gasteiger partial charge >= 0.3 is 0 Å². The van der Waals surface area contributed by atoms with E-state index in [1.807, 2.05) is 19.2 Å². The van der Waals surface area contributed by atoms with E-state index in [1.54, 1.807) is 12.1 Å². The summed E-state index contributed by atoms with van der Waals surface area (Å²) in [5.41, 5.74) is 3.19. The largest absolute Gasteiger partial charge is 0.306 e. The number of rotatable bonds is 5. The van der Waals surface area contributed by atoms with Crippen molar-refractivity contribution in [2.24, 2.45) is 0 Å². The highest BCUT2D eigenvalue weighted by atomic mass is 19.1. The number of halogens is 1. The van der Waals surface area contributed by atoms with Gasteiger partial charge in [-0.2, -0.15) is 5.10 Å². The fourth-order valence-electron chi connectivity index (χ4n) is 2.01. The van der Waals surface area contributed by atoms with Crippen LogP contribution in [0.3, 0.4) is 0 Å². The Bertz CT molecular complexity index is 507. The van der Waals surface area contributed by atoms with Gasteiger partial charge in [-0.3, -0.25) is 5.10 Å². The first-order chi connectivity index (χ1) is 8.70. The van der Waals surface area contributed by atoms with Gasteiger partial charge in [-0.05, 0) is 31.0 Å². The second-order valence-corrected chi connectivity index (χ2v) is 4.42. The highest BCUT2D eigenvalue weighted by Gasteiger charge is 2.10. The second kappa shape index (κ2) is 5.78. The molecule has 0 radical (unpaired) electrons. The molecule has 2 aromatic rings. The zero-order chi connectivity index (χ0) is 13.0. The molecule has 96 valence electrons. The Hall–Kier alpha value is -1.68. The Morgan fingerprint density at radius 2 is 2.28 bits per heavy atom. The van der Waals surface area contributed by atoms with Gasteiger partial charge in [0.05, 0.1) is 6.20 Å². The van der Waals surface area contributed by atoms with E-state index in [4.69, 9.17) is 0 Å². The van der Waals surface area contributed by atoms with E-state index in [1.165, 1.54) is 6.07 Å². The standard InChI is InChI=1S/C14H18FN3/c1-3-14(11-5-4-6-13(15)7-11)16-8-12-9-17-18-10(12)2/h4-7,9,14,16H,3,8H2,1-2H3,(H,17,18). The highest BCUT2D eigenvalue weighted by Crippen LogP contribution is 2.18. The van der Waals surface area contributed by atoms with Gasteiger partial charge in [-0.25, -0.2) is 4.39 Å². The van der Waals surface area contributed by atoms with Gasteiger partial charge in [0.1, 0.15) is 5.82 Å². The van der Waals surface area contributed by atoms with Crippen molar-refractivity contribution in [1.82, 2.24) is 15.5 Å². The van der Waals surface area contributed by atoms with Crippen molar-refractivity contribution >= 4 is 0 Å². The van der Waals surface area contributed by atoms with Crippen LogP contribution >= 0.6 is 0 Å². The third kappa shape index (κ3) is 2.96. The number of nitrogens with zero attached hydrogens (tertiary/aromatic N) is 1. The molecule has 0 saturated carbocycles. The minimum Gasteiger partial charge on any atom is -0.306 e. The summed E-state index contributed by atoms with van der Waals surface area (Å²) in [5.74, 6) is -0.188. The van der Waals surface area contributed by atoms with Crippen LogP contribution in [0.25, 0.3) is 0 Å². The van der Waals surface area contributed by atoms with Crippen molar-refractivity contribution in [2.75, 3.05) is 0 Å². The van der Waals surface area contributed by atoms with E-state index >= 15 is 0 Å². The molecule has 1 aromatic carbocycles. The summed E-state index contributed by atoms with van der Waals surface area (Å²) in [6, 6.07) is 6.92. The number of aromatic amines is 1. The lowest BCUT2D eigenvalue weighted by Crippen LogP contribution is -2.20. The van der Waals surface area contributed by atoms with Crippen molar-refractivity contribution in [3.8, 4) is 0 Å². The molecule has 0 aliphatic carbocycles. The van der Waals surface area contributed by atoms with Crippen LogP contribution in [0.2, 0.25) is 0 Å². The summed E-state index contributed by atoms with van der Waals surface area (Å²) in [6.45, 7) is 4.81. The van der Waals surface area contributed by atoms with Crippen molar-refractivity contribution in [1.29, 1.82) is 0 Å². The zero-order valence-electron chi connectivity index (χ0n) is 10.7. The summed E-state index contributed by atoms with van der Waals surface area (Å²) in [4.78, 5) is 0. The van der Waals surface area contributed by atoms with Crippen LogP contribution in [0.1, 0.15) is 36.2 Å². The van der Waals surface area contributed by atoms with Crippen LogP contribution in [0.4, 0.5) is 4.39 Å². The third-order valence-corrected chi connectivity index (χ3v) is 3.13. The quantitative estimate of drug-likeness (QED) is 0.852. The molecular formula is C14H18FN3. The highest BCUT2D eigenvalue weighted by molar-refractivity contribution is 5.21. The van der Waals surface area contributed by atoms with E-state index in [-0.39, 0.29) is 11.9 Å². The predicted octanol–water partition coefficient (Wildman–Crippen LogP) is 3.10. The molecule has 3 nitrogen and oxygen atoms in total. The molecule has 1 aromatic heterocycles. The Morgan fingerprint density at radius 3 is 2.89 bits per heavy atom. The fourth-order valence-corrected chi connectivity index (χ4v) is 2.01. The molecule has 2 N–H and O–H groups in total. The average molecular weight is 247 g/mol. The fraction of sp³-hybridized carbons (Fsp3) is 0.357. The predicted molar refractivity (Wildman–Crippen MR) is 69.6 cm³/mol. The Morgan fingerprint density at radius 1 is 1.44 bits per heavy atom. The van der Waals surface area contributed by atoms with Gasteiger partial charge in [0.15, 0.2) is 0 Å². The molecule has 0 aliphatic heterocycles. The summed E-state index contributed by atoms with van der Waals surface area (Å²) >= 11 is 0. The molecule has 0 fully saturated rings. The summed E-state index contributed by atoms with van der Waals surface area (Å²) in [7, 11) is 0. The maximum atomic E-state index is 13.2. The molecule has 1 unspecified atom stereocenters. The summed E-state index contributed by atoms with van der Waals surface area (Å²) < 4.78 is 13.2. The SMILES string of the molecule is CCC(NCc1cn[nH]c1C)c1cccc(F)c1. The maximum absolute atomic E-state index is 13.2. The van der Waals surface area contributed by atoms with Crippen molar-refractivity contribution in [3.63, 3.8) is 0 Å². The Labute approximate surface area is 106 Å². The van der Waals surface area contributed by atoms with Crippen LogP contribution in [-0.2, 0) is 6.54 Å². The van der Waals surface area contributed by atoms with Crippen LogP contribution in [0.15, 0.2) is 30.5 Å². The van der Waals surface area contributed by atoms with Crippen molar-refractivity contribution < 1.29 is 4.39 Å². The molecule has 1 heterocycles. The zero-order valence-corrected chi connectivity index (χ0v) is 10.7. The molecule has 1 atom stereocenters. The lowest BCUT2D eigenvalue weighted by molar-refractivity contribution is 0.513. The minimum atomic E-state index is -0.188. The third-order valence-electron chi connectivity index (χ3n) is 3.13. The number of hydrogen-bond acceptors (Lipinski definition) is 2. The first-order valence-electron chi connectivity index (χ1n) is 6.18. The maximum Gasteiger partial charge on any atom is 0.123 e. The summed E-state index contributed by atoms with van der Waals surface area (Å²) in [5, 5.41) is 10.3. The molecule has 0 amide bonds. The lowest BCUT2D eigenvalue weighted by atomic mass is 10.0. The van der Waals surface area contributed by atoms with E-state index in [0.717, 1.165) is 29.8 Å². The molecule has 2 rings (SSSR count). The van der Waals surface area contributed by atoms with Gasteiger partial charge in [0.2, 0.25) is 0 Å². The Kier molecular flexibility index (Phi) is 4.10. The topological polar surface area (TPSA) is 40.7 Å². The van der Waals surface area contributed by atoms with Crippen LogP contribution in [0, 0.1) is 12.7 Å². The molecule has 4 heteroatoms. The summed E-state index contributed by atoms with van der Waals surface area (Å²) in [6.07, 6.45) is 2.74. The molecular weight excluding hydrogens is 229 g/mol. The number of H-pyrrole nitrogens is 1. The number of hydrogen-bond donors (Lipinski definition) is 2. The molecule has 0 aliphatic rings. The van der Waals surface area contributed by atoms with Crippen LogP contribution in [-0.4, -0.2) is 10.2 Å². The van der Waals surface area contributed by atoms with Gasteiger partial charge < -0.3 is 5.32 Å². The number of nitrogens with one attached hydrogen (secondary N) is 2. The van der Waals surface area contributed by atoms with Gasteiger partial charge in [-0.15, -0.1) is 0 Å². The van der Waals surface area contributed by atoms with E-state index < -0.39 is 0 Å². The number of aromatic nitrogens is 2. The van der Waals surface area contributed by atoms with Crippen LogP contribution < -0.4 is 5.32 Å². The van der Waals surface area contributed by atoms with E-state index in [9.17, 15) is 4.39 Å².